The lowest BCUT2D eigenvalue weighted by Crippen LogP contribution is -2.45. The van der Waals surface area contributed by atoms with Crippen molar-refractivity contribution in [2.75, 3.05) is 19.5 Å². The molecule has 0 radical (unpaired) electrons. The standard InChI is InChI=1S/C27H26FN3O4S/c1-34-22-11-3-18(4-12-22)16-29-27-31(17-19-5-13-23(35-2)14-6-19)25(32)15-24(36-27)26(33)30-21-9-7-20(28)8-10-21/h3-14,24H,15-17H2,1-2H3,(H,30,33)/t24-/m0/s1. The van der Waals surface area contributed by atoms with Crippen LogP contribution in [0.15, 0.2) is 77.8 Å². The highest BCUT2D eigenvalue weighted by atomic mass is 32.2. The molecule has 1 aliphatic rings. The average molecular weight is 508 g/mol. The lowest BCUT2D eigenvalue weighted by atomic mass is 10.2. The number of benzene rings is 3. The molecule has 4 rings (SSSR count). The minimum Gasteiger partial charge on any atom is -0.497 e. The number of ether oxygens (including phenoxy) is 2. The topological polar surface area (TPSA) is 80.2 Å². The highest BCUT2D eigenvalue weighted by molar-refractivity contribution is 8.15. The molecule has 1 aliphatic heterocycles. The van der Waals surface area contributed by atoms with Gasteiger partial charge in [-0.05, 0) is 59.7 Å². The number of hydrogen-bond donors (Lipinski definition) is 1. The fourth-order valence-corrected chi connectivity index (χ4v) is 4.67. The predicted molar refractivity (Wildman–Crippen MR) is 139 cm³/mol. The normalized spacial score (nSPS) is 16.6. The summed E-state index contributed by atoms with van der Waals surface area (Å²) in [5.41, 5.74) is 2.32. The van der Waals surface area contributed by atoms with Gasteiger partial charge in [0.05, 0.1) is 27.3 Å². The van der Waals surface area contributed by atoms with Gasteiger partial charge in [-0.3, -0.25) is 19.5 Å². The van der Waals surface area contributed by atoms with Crippen molar-refractivity contribution in [2.45, 2.75) is 24.8 Å². The van der Waals surface area contributed by atoms with E-state index in [-0.39, 0.29) is 18.2 Å². The molecule has 3 aromatic carbocycles. The Bertz CT molecular complexity index is 1230. The van der Waals surface area contributed by atoms with E-state index in [1.54, 1.807) is 19.1 Å². The molecule has 0 bridgehead atoms. The maximum absolute atomic E-state index is 13.2. The van der Waals surface area contributed by atoms with Gasteiger partial charge in [-0.1, -0.05) is 36.0 Å². The molecule has 1 saturated heterocycles. The average Bonchev–Trinajstić information content (AvgIpc) is 2.90. The minimum absolute atomic E-state index is 0.0232. The summed E-state index contributed by atoms with van der Waals surface area (Å²) < 4.78 is 23.6. The van der Waals surface area contributed by atoms with Crippen LogP contribution in [0.3, 0.4) is 0 Å². The Labute approximate surface area is 213 Å². The van der Waals surface area contributed by atoms with Crippen molar-refractivity contribution in [2.24, 2.45) is 4.99 Å². The van der Waals surface area contributed by atoms with Crippen LogP contribution >= 0.6 is 11.8 Å². The zero-order chi connectivity index (χ0) is 25.5. The number of aliphatic imine (C=N–C) groups is 1. The van der Waals surface area contributed by atoms with Crippen LogP contribution in [-0.2, 0) is 22.7 Å². The van der Waals surface area contributed by atoms with Crippen LogP contribution in [0.5, 0.6) is 11.5 Å². The van der Waals surface area contributed by atoms with Gasteiger partial charge in [0.1, 0.15) is 22.6 Å². The first-order valence-corrected chi connectivity index (χ1v) is 12.2. The number of amidine groups is 1. The van der Waals surface area contributed by atoms with Gasteiger partial charge in [0, 0.05) is 12.1 Å². The molecule has 3 aromatic rings. The van der Waals surface area contributed by atoms with Crippen molar-refractivity contribution in [1.82, 2.24) is 4.90 Å². The summed E-state index contributed by atoms with van der Waals surface area (Å²) in [5, 5.41) is 2.57. The molecule has 0 aromatic heterocycles. The summed E-state index contributed by atoms with van der Waals surface area (Å²) in [6.07, 6.45) is 0.0232. The number of hydrogen-bond acceptors (Lipinski definition) is 6. The van der Waals surface area contributed by atoms with E-state index in [2.05, 4.69) is 5.32 Å². The van der Waals surface area contributed by atoms with Crippen LogP contribution in [0, 0.1) is 5.82 Å². The molecule has 0 spiro atoms. The van der Waals surface area contributed by atoms with Crippen LogP contribution in [0.2, 0.25) is 0 Å². The third kappa shape index (κ3) is 6.42. The Balaban J connectivity index is 1.54. The first kappa shape index (κ1) is 25.2. The van der Waals surface area contributed by atoms with E-state index in [1.165, 1.54) is 36.0 Å². The smallest absolute Gasteiger partial charge is 0.238 e. The third-order valence-electron chi connectivity index (χ3n) is 5.60. The molecule has 1 N–H and O–H groups in total. The van der Waals surface area contributed by atoms with E-state index in [0.717, 1.165) is 22.6 Å². The number of carbonyl (C=O) groups is 2. The maximum atomic E-state index is 13.2. The summed E-state index contributed by atoms with van der Waals surface area (Å²) in [6, 6.07) is 20.5. The lowest BCUT2D eigenvalue weighted by Gasteiger charge is -2.32. The molecule has 1 heterocycles. The Morgan fingerprint density at radius 3 is 2.14 bits per heavy atom. The molecule has 0 unspecified atom stereocenters. The van der Waals surface area contributed by atoms with Gasteiger partial charge in [0.25, 0.3) is 0 Å². The van der Waals surface area contributed by atoms with E-state index in [9.17, 15) is 14.0 Å². The molecule has 0 aliphatic carbocycles. The number of anilines is 1. The zero-order valence-corrected chi connectivity index (χ0v) is 20.8. The van der Waals surface area contributed by atoms with Crippen LogP contribution in [0.25, 0.3) is 0 Å². The number of nitrogens with zero attached hydrogens (tertiary/aromatic N) is 2. The summed E-state index contributed by atoms with van der Waals surface area (Å²) in [4.78, 5) is 32.5. The van der Waals surface area contributed by atoms with Crippen molar-refractivity contribution in [1.29, 1.82) is 0 Å². The number of halogens is 1. The maximum Gasteiger partial charge on any atom is 0.238 e. The van der Waals surface area contributed by atoms with Crippen molar-refractivity contribution >= 4 is 34.4 Å². The molecule has 0 saturated carbocycles. The molecule has 9 heteroatoms. The summed E-state index contributed by atoms with van der Waals surface area (Å²) in [6.45, 7) is 0.661. The Hall–Kier alpha value is -3.85. The first-order chi connectivity index (χ1) is 17.4. The molecular formula is C27H26FN3O4S. The second-order valence-electron chi connectivity index (χ2n) is 8.08. The predicted octanol–water partition coefficient (Wildman–Crippen LogP) is 4.87. The largest absolute Gasteiger partial charge is 0.497 e. The third-order valence-corrected chi connectivity index (χ3v) is 6.83. The van der Waals surface area contributed by atoms with E-state index in [0.29, 0.717) is 23.9 Å². The first-order valence-electron chi connectivity index (χ1n) is 11.3. The summed E-state index contributed by atoms with van der Waals surface area (Å²) in [7, 11) is 3.20. The number of carbonyl (C=O) groups excluding carboxylic acids is 2. The van der Waals surface area contributed by atoms with Gasteiger partial charge in [0.15, 0.2) is 5.17 Å². The number of amides is 2. The van der Waals surface area contributed by atoms with Crippen molar-refractivity contribution in [3.05, 3.63) is 89.7 Å². The summed E-state index contributed by atoms with van der Waals surface area (Å²) >= 11 is 1.25. The summed E-state index contributed by atoms with van der Waals surface area (Å²) in [5.74, 6) is 0.548. The van der Waals surface area contributed by atoms with Gasteiger partial charge in [-0.25, -0.2) is 4.39 Å². The van der Waals surface area contributed by atoms with Crippen molar-refractivity contribution in [3.8, 4) is 11.5 Å². The molecular weight excluding hydrogens is 481 g/mol. The Kier molecular flexibility index (Phi) is 8.22. The van der Waals surface area contributed by atoms with Gasteiger partial charge in [-0.15, -0.1) is 0 Å². The molecule has 1 fully saturated rings. The van der Waals surface area contributed by atoms with E-state index < -0.39 is 11.1 Å². The van der Waals surface area contributed by atoms with Crippen molar-refractivity contribution < 1.29 is 23.5 Å². The zero-order valence-electron chi connectivity index (χ0n) is 19.9. The van der Waals surface area contributed by atoms with Crippen LogP contribution < -0.4 is 14.8 Å². The molecule has 7 nitrogen and oxygen atoms in total. The van der Waals surface area contributed by atoms with Crippen molar-refractivity contribution in [3.63, 3.8) is 0 Å². The van der Waals surface area contributed by atoms with Crippen LogP contribution in [0.4, 0.5) is 10.1 Å². The quantitative estimate of drug-likeness (QED) is 0.471. The second kappa shape index (κ2) is 11.7. The number of nitrogens with one attached hydrogen (secondary N) is 1. The highest BCUT2D eigenvalue weighted by Gasteiger charge is 2.35. The fourth-order valence-electron chi connectivity index (χ4n) is 3.59. The lowest BCUT2D eigenvalue weighted by molar-refractivity contribution is -0.129. The molecule has 36 heavy (non-hydrogen) atoms. The second-order valence-corrected chi connectivity index (χ2v) is 9.25. The van der Waals surface area contributed by atoms with E-state index >= 15 is 0 Å². The van der Waals surface area contributed by atoms with Crippen LogP contribution in [0.1, 0.15) is 17.5 Å². The molecule has 1 atom stereocenters. The fraction of sp³-hybridized carbons (Fsp3) is 0.222. The van der Waals surface area contributed by atoms with Gasteiger partial charge in [-0.2, -0.15) is 0 Å². The SMILES string of the molecule is COc1ccc(CN=C2S[C@H](C(=O)Nc3ccc(F)cc3)CC(=O)N2Cc2ccc(OC)cc2)cc1. The molecule has 186 valence electrons. The number of rotatable bonds is 8. The van der Waals surface area contributed by atoms with E-state index in [4.69, 9.17) is 14.5 Å². The monoisotopic (exact) mass is 507 g/mol. The Morgan fingerprint density at radius 1 is 0.972 bits per heavy atom. The number of thioether (sulfide) groups is 1. The van der Waals surface area contributed by atoms with Gasteiger partial charge >= 0.3 is 0 Å². The highest BCUT2D eigenvalue weighted by Crippen LogP contribution is 2.30. The van der Waals surface area contributed by atoms with Gasteiger partial charge < -0.3 is 14.8 Å². The Morgan fingerprint density at radius 2 is 1.56 bits per heavy atom. The van der Waals surface area contributed by atoms with Gasteiger partial charge in [0.2, 0.25) is 11.8 Å². The number of methoxy groups -OCH3 is 2. The van der Waals surface area contributed by atoms with E-state index in [1.807, 2.05) is 48.5 Å². The van der Waals surface area contributed by atoms with Crippen LogP contribution in [-0.4, -0.2) is 41.4 Å². The molecule has 2 amide bonds. The minimum atomic E-state index is -0.663.